The van der Waals surface area contributed by atoms with Gasteiger partial charge in [0.15, 0.2) is 0 Å². The number of nitrogens with two attached hydrogens (primary N) is 2. The summed E-state index contributed by atoms with van der Waals surface area (Å²) in [7, 11) is 0. The molecular weight excluding hydrogens is 310 g/mol. The maximum atomic E-state index is 6.53. The fraction of sp³-hybridized carbons (Fsp3) is 0.278. The minimum Gasteiger partial charge on any atom is -0.472 e. The van der Waals surface area contributed by atoms with Crippen LogP contribution in [0.4, 0.5) is 0 Å². The van der Waals surface area contributed by atoms with E-state index in [4.69, 9.17) is 27.5 Å². The van der Waals surface area contributed by atoms with E-state index in [1.807, 2.05) is 37.3 Å². The van der Waals surface area contributed by atoms with Crippen LogP contribution in [0.15, 0.2) is 53.5 Å². The Morgan fingerprint density at radius 2 is 2.13 bits per heavy atom. The van der Waals surface area contributed by atoms with Crippen LogP contribution in [-0.2, 0) is 6.42 Å². The van der Waals surface area contributed by atoms with Crippen LogP contribution in [-0.4, -0.2) is 17.1 Å². The van der Waals surface area contributed by atoms with Gasteiger partial charge in [0.05, 0.1) is 18.0 Å². The SMILES string of the molecule is CC(N)(CN)C(Cc1ccoc1)c1ccnc2cc(Cl)ccc12. The number of benzene rings is 1. The summed E-state index contributed by atoms with van der Waals surface area (Å²) < 4.78 is 5.20. The van der Waals surface area contributed by atoms with Crippen molar-refractivity contribution in [2.24, 2.45) is 11.5 Å². The Morgan fingerprint density at radius 1 is 1.30 bits per heavy atom. The largest absolute Gasteiger partial charge is 0.472 e. The van der Waals surface area contributed by atoms with Gasteiger partial charge in [-0.15, -0.1) is 0 Å². The molecule has 4 N–H and O–H groups in total. The first-order chi connectivity index (χ1) is 11.0. The molecule has 0 spiro atoms. The number of pyridine rings is 1. The first-order valence-electron chi connectivity index (χ1n) is 7.55. The van der Waals surface area contributed by atoms with Gasteiger partial charge in [0.1, 0.15) is 0 Å². The molecule has 3 aromatic rings. The number of nitrogens with zero attached hydrogens (tertiary/aromatic N) is 1. The van der Waals surface area contributed by atoms with Gasteiger partial charge in [-0.2, -0.15) is 0 Å². The third-order valence-electron chi connectivity index (χ3n) is 4.37. The molecule has 2 unspecified atom stereocenters. The van der Waals surface area contributed by atoms with Gasteiger partial charge in [0.25, 0.3) is 0 Å². The molecule has 0 aliphatic rings. The second kappa shape index (κ2) is 6.32. The van der Waals surface area contributed by atoms with E-state index >= 15 is 0 Å². The summed E-state index contributed by atoms with van der Waals surface area (Å²) in [4.78, 5) is 4.41. The molecule has 0 saturated carbocycles. The van der Waals surface area contributed by atoms with E-state index in [0.29, 0.717) is 11.6 Å². The normalized spacial score (nSPS) is 15.5. The fourth-order valence-electron chi connectivity index (χ4n) is 2.93. The Labute approximate surface area is 140 Å². The van der Waals surface area contributed by atoms with Gasteiger partial charge in [-0.05, 0) is 48.7 Å². The first kappa shape index (κ1) is 16.0. The van der Waals surface area contributed by atoms with Crippen molar-refractivity contribution in [3.8, 4) is 0 Å². The van der Waals surface area contributed by atoms with Crippen molar-refractivity contribution in [3.05, 3.63) is 65.2 Å². The highest BCUT2D eigenvalue weighted by Gasteiger charge is 2.31. The third kappa shape index (κ3) is 3.24. The van der Waals surface area contributed by atoms with Crippen molar-refractivity contribution in [2.75, 3.05) is 6.54 Å². The summed E-state index contributed by atoms with van der Waals surface area (Å²) in [6, 6.07) is 9.71. The molecule has 0 bridgehead atoms. The number of hydrogen-bond donors (Lipinski definition) is 2. The van der Waals surface area contributed by atoms with Crippen LogP contribution in [0.2, 0.25) is 5.02 Å². The maximum Gasteiger partial charge on any atom is 0.0934 e. The summed E-state index contributed by atoms with van der Waals surface area (Å²) >= 11 is 6.09. The number of aromatic nitrogens is 1. The molecule has 0 amide bonds. The molecule has 0 aliphatic heterocycles. The smallest absolute Gasteiger partial charge is 0.0934 e. The summed E-state index contributed by atoms with van der Waals surface area (Å²) in [5.41, 5.74) is 15.0. The van der Waals surface area contributed by atoms with Crippen molar-refractivity contribution in [1.29, 1.82) is 0 Å². The quantitative estimate of drug-likeness (QED) is 0.751. The van der Waals surface area contributed by atoms with E-state index in [1.165, 1.54) is 0 Å². The minimum absolute atomic E-state index is 0.0387. The lowest BCUT2D eigenvalue weighted by molar-refractivity contribution is 0.383. The summed E-state index contributed by atoms with van der Waals surface area (Å²) in [6.45, 7) is 2.37. The van der Waals surface area contributed by atoms with Crippen molar-refractivity contribution < 1.29 is 4.42 Å². The average molecular weight is 330 g/mol. The molecule has 5 heteroatoms. The zero-order valence-corrected chi connectivity index (χ0v) is 13.8. The van der Waals surface area contributed by atoms with Crippen LogP contribution in [0.3, 0.4) is 0 Å². The zero-order chi connectivity index (χ0) is 16.4. The Bertz CT molecular complexity index is 799. The molecule has 2 aromatic heterocycles. The Morgan fingerprint density at radius 3 is 2.83 bits per heavy atom. The predicted molar refractivity (Wildman–Crippen MR) is 93.6 cm³/mol. The number of furan rings is 1. The van der Waals surface area contributed by atoms with Crippen molar-refractivity contribution in [1.82, 2.24) is 4.98 Å². The van der Waals surface area contributed by atoms with Gasteiger partial charge >= 0.3 is 0 Å². The van der Waals surface area contributed by atoms with Gasteiger partial charge in [0, 0.05) is 34.6 Å². The summed E-state index contributed by atoms with van der Waals surface area (Å²) in [6.07, 6.45) is 5.97. The second-order valence-electron chi connectivity index (χ2n) is 6.16. The van der Waals surface area contributed by atoms with Crippen LogP contribution in [0.5, 0.6) is 0 Å². The first-order valence-corrected chi connectivity index (χ1v) is 7.93. The molecule has 0 radical (unpaired) electrons. The topological polar surface area (TPSA) is 78.1 Å². The monoisotopic (exact) mass is 329 g/mol. The van der Waals surface area contributed by atoms with E-state index in [1.54, 1.807) is 18.7 Å². The van der Waals surface area contributed by atoms with E-state index in [2.05, 4.69) is 4.98 Å². The molecule has 2 atom stereocenters. The lowest BCUT2D eigenvalue weighted by Crippen LogP contribution is -2.50. The van der Waals surface area contributed by atoms with Gasteiger partial charge in [-0.3, -0.25) is 4.98 Å². The molecule has 3 rings (SSSR count). The Hall–Kier alpha value is -1.88. The minimum atomic E-state index is -0.550. The third-order valence-corrected chi connectivity index (χ3v) is 4.60. The van der Waals surface area contributed by atoms with E-state index < -0.39 is 5.54 Å². The van der Waals surface area contributed by atoms with Crippen LogP contribution >= 0.6 is 11.6 Å². The van der Waals surface area contributed by atoms with Gasteiger partial charge in [0.2, 0.25) is 0 Å². The van der Waals surface area contributed by atoms with Crippen LogP contribution in [0, 0.1) is 0 Å². The summed E-state index contributed by atoms with van der Waals surface area (Å²) in [5, 5.41) is 1.72. The average Bonchev–Trinajstić information content (AvgIpc) is 3.05. The predicted octanol–water partition coefficient (Wildman–Crippen LogP) is 3.48. The molecule has 0 aliphatic carbocycles. The standard InChI is InChI=1S/C18H20ClN3O/c1-18(21,11-20)16(8-12-5-7-23-10-12)14-4-6-22-17-9-13(19)2-3-15(14)17/h2-7,9-10,16H,8,11,20-21H2,1H3. The Kier molecular flexibility index (Phi) is 4.39. The van der Waals surface area contributed by atoms with E-state index in [-0.39, 0.29) is 5.92 Å². The number of fused-ring (bicyclic) bond motifs is 1. The Balaban J connectivity index is 2.13. The van der Waals surface area contributed by atoms with Gasteiger partial charge < -0.3 is 15.9 Å². The highest BCUT2D eigenvalue weighted by molar-refractivity contribution is 6.31. The van der Waals surface area contributed by atoms with Gasteiger partial charge in [-0.25, -0.2) is 0 Å². The lowest BCUT2D eigenvalue weighted by atomic mass is 9.77. The molecule has 0 saturated heterocycles. The van der Waals surface area contributed by atoms with Crippen LogP contribution in [0.25, 0.3) is 10.9 Å². The van der Waals surface area contributed by atoms with Gasteiger partial charge in [-0.1, -0.05) is 17.7 Å². The maximum absolute atomic E-state index is 6.53. The highest BCUT2D eigenvalue weighted by Crippen LogP contribution is 2.34. The van der Waals surface area contributed by atoms with Crippen molar-refractivity contribution in [2.45, 2.75) is 24.8 Å². The van der Waals surface area contributed by atoms with Crippen LogP contribution < -0.4 is 11.5 Å². The second-order valence-corrected chi connectivity index (χ2v) is 6.60. The number of hydrogen-bond acceptors (Lipinski definition) is 4. The molecule has 120 valence electrons. The molecule has 1 aromatic carbocycles. The molecule has 23 heavy (non-hydrogen) atoms. The lowest BCUT2D eigenvalue weighted by Gasteiger charge is -2.34. The highest BCUT2D eigenvalue weighted by atomic mass is 35.5. The van der Waals surface area contributed by atoms with Crippen molar-refractivity contribution >= 4 is 22.5 Å². The molecule has 0 fully saturated rings. The summed E-state index contributed by atoms with van der Waals surface area (Å²) in [5.74, 6) is 0.0387. The molecular formula is C18H20ClN3O. The van der Waals surface area contributed by atoms with Crippen molar-refractivity contribution in [3.63, 3.8) is 0 Å². The fourth-order valence-corrected chi connectivity index (χ4v) is 3.10. The zero-order valence-electron chi connectivity index (χ0n) is 13.0. The van der Waals surface area contributed by atoms with Crippen LogP contribution in [0.1, 0.15) is 24.0 Å². The molecule has 4 nitrogen and oxygen atoms in total. The van der Waals surface area contributed by atoms with E-state index in [9.17, 15) is 0 Å². The van der Waals surface area contributed by atoms with E-state index in [0.717, 1.165) is 28.5 Å². The number of rotatable bonds is 5. The molecule has 2 heterocycles. The number of halogens is 1.